The first-order chi connectivity index (χ1) is 9.24. The Balaban J connectivity index is 2.69. The third kappa shape index (κ3) is 4.97. The maximum atomic E-state index is 10.9. The van der Waals surface area contributed by atoms with Gasteiger partial charge >= 0.3 is 5.97 Å². The van der Waals surface area contributed by atoms with E-state index in [9.17, 15) is 4.79 Å². The number of carboxylic acids is 1. The van der Waals surface area contributed by atoms with Gasteiger partial charge in [-0.3, -0.25) is 9.69 Å². The molecule has 0 saturated heterocycles. The lowest BCUT2D eigenvalue weighted by Crippen LogP contribution is -2.31. The van der Waals surface area contributed by atoms with Gasteiger partial charge in [-0.05, 0) is 23.1 Å². The van der Waals surface area contributed by atoms with E-state index in [0.29, 0.717) is 6.54 Å². The van der Waals surface area contributed by atoms with Crippen LogP contribution in [0.4, 0.5) is 0 Å². The smallest absolute Gasteiger partial charge is 0.307 e. The quantitative estimate of drug-likeness (QED) is 0.864. The molecule has 3 nitrogen and oxygen atoms in total. The number of aliphatic carboxylic acids is 1. The zero-order valence-electron chi connectivity index (χ0n) is 13.3. The van der Waals surface area contributed by atoms with Crippen LogP contribution in [0, 0.1) is 5.92 Å². The molecule has 1 aromatic carbocycles. The van der Waals surface area contributed by atoms with Gasteiger partial charge in [-0.25, -0.2) is 0 Å². The Kier molecular flexibility index (Phi) is 5.75. The molecule has 0 heterocycles. The van der Waals surface area contributed by atoms with Crippen LogP contribution >= 0.6 is 0 Å². The number of hydrogen-bond acceptors (Lipinski definition) is 2. The van der Waals surface area contributed by atoms with E-state index in [1.807, 2.05) is 0 Å². The van der Waals surface area contributed by atoms with E-state index in [1.54, 1.807) is 6.92 Å². The Labute approximate surface area is 122 Å². The van der Waals surface area contributed by atoms with Gasteiger partial charge in [0.05, 0.1) is 5.92 Å². The molecular formula is C17H27NO2. The highest BCUT2D eigenvalue weighted by Crippen LogP contribution is 2.22. The van der Waals surface area contributed by atoms with Crippen LogP contribution < -0.4 is 0 Å². The minimum Gasteiger partial charge on any atom is -0.481 e. The Morgan fingerprint density at radius 2 is 1.80 bits per heavy atom. The second kappa shape index (κ2) is 6.89. The van der Waals surface area contributed by atoms with Crippen LogP contribution in [0.3, 0.4) is 0 Å². The lowest BCUT2D eigenvalue weighted by Gasteiger charge is -2.23. The highest BCUT2D eigenvalue weighted by molar-refractivity contribution is 5.69. The van der Waals surface area contributed by atoms with Crippen molar-refractivity contribution in [2.75, 3.05) is 13.1 Å². The van der Waals surface area contributed by atoms with Crippen molar-refractivity contribution < 1.29 is 9.90 Å². The van der Waals surface area contributed by atoms with Gasteiger partial charge in [-0.1, -0.05) is 58.9 Å². The Hall–Kier alpha value is -1.35. The van der Waals surface area contributed by atoms with Gasteiger partial charge < -0.3 is 5.11 Å². The van der Waals surface area contributed by atoms with Crippen LogP contribution in [0.2, 0.25) is 0 Å². The predicted molar refractivity (Wildman–Crippen MR) is 82.9 cm³/mol. The monoisotopic (exact) mass is 277 g/mol. The number of carboxylic acid groups (broad SMARTS) is 1. The molecule has 0 radical (unpaired) electrons. The fraction of sp³-hybridized carbons (Fsp3) is 0.588. The minimum absolute atomic E-state index is 0.167. The average molecular weight is 277 g/mol. The summed E-state index contributed by atoms with van der Waals surface area (Å²) in [6, 6.07) is 8.64. The second-order valence-corrected chi connectivity index (χ2v) is 6.51. The van der Waals surface area contributed by atoms with E-state index < -0.39 is 5.97 Å². The molecule has 1 unspecified atom stereocenters. The molecule has 0 amide bonds. The maximum absolute atomic E-state index is 10.9. The first kappa shape index (κ1) is 16.7. The zero-order valence-corrected chi connectivity index (χ0v) is 13.3. The first-order valence-electron chi connectivity index (χ1n) is 7.28. The summed E-state index contributed by atoms with van der Waals surface area (Å²) in [5, 5.41) is 8.99. The molecule has 0 fully saturated rings. The highest BCUT2D eigenvalue weighted by Gasteiger charge is 2.16. The number of nitrogens with zero attached hydrogens (tertiary/aromatic N) is 1. The molecular weight excluding hydrogens is 250 g/mol. The summed E-state index contributed by atoms with van der Waals surface area (Å²) in [4.78, 5) is 13.1. The molecule has 112 valence electrons. The van der Waals surface area contributed by atoms with Crippen LogP contribution in [-0.4, -0.2) is 29.1 Å². The van der Waals surface area contributed by atoms with Crippen LogP contribution in [0.1, 0.15) is 45.7 Å². The number of carbonyl (C=O) groups is 1. The molecule has 0 saturated carbocycles. The van der Waals surface area contributed by atoms with Crippen LogP contribution in [0.25, 0.3) is 0 Å². The van der Waals surface area contributed by atoms with Crippen molar-refractivity contribution in [3.8, 4) is 0 Å². The van der Waals surface area contributed by atoms with Crippen molar-refractivity contribution in [3.05, 3.63) is 35.4 Å². The van der Waals surface area contributed by atoms with Crippen LogP contribution in [0.15, 0.2) is 24.3 Å². The minimum atomic E-state index is -0.730. The highest BCUT2D eigenvalue weighted by atomic mass is 16.4. The van der Waals surface area contributed by atoms with Crippen LogP contribution in [-0.2, 0) is 16.8 Å². The first-order valence-corrected chi connectivity index (χ1v) is 7.28. The van der Waals surface area contributed by atoms with Crippen molar-refractivity contribution in [2.24, 2.45) is 5.92 Å². The standard InChI is InChI=1S/C17H27NO2/c1-6-18(11-13(2)16(19)20)12-14-7-9-15(10-8-14)17(3,4)5/h7-10,13H,6,11-12H2,1-5H3,(H,19,20). The molecule has 0 aromatic heterocycles. The van der Waals surface area contributed by atoms with Gasteiger partial charge in [0.25, 0.3) is 0 Å². The predicted octanol–water partition coefficient (Wildman–Crippen LogP) is 3.53. The maximum Gasteiger partial charge on any atom is 0.307 e. The summed E-state index contributed by atoms with van der Waals surface area (Å²) < 4.78 is 0. The third-order valence-electron chi connectivity index (χ3n) is 3.63. The van der Waals surface area contributed by atoms with Gasteiger partial charge in [-0.2, -0.15) is 0 Å². The van der Waals surface area contributed by atoms with Crippen molar-refractivity contribution in [3.63, 3.8) is 0 Å². The van der Waals surface area contributed by atoms with E-state index in [2.05, 4.69) is 56.9 Å². The molecule has 0 aliphatic carbocycles. The summed E-state index contributed by atoms with van der Waals surface area (Å²) in [5.41, 5.74) is 2.72. The summed E-state index contributed by atoms with van der Waals surface area (Å²) in [6.07, 6.45) is 0. The van der Waals surface area contributed by atoms with Gasteiger partial charge in [-0.15, -0.1) is 0 Å². The fourth-order valence-electron chi connectivity index (χ4n) is 2.14. The molecule has 3 heteroatoms. The molecule has 0 aliphatic heterocycles. The summed E-state index contributed by atoms with van der Waals surface area (Å²) in [7, 11) is 0. The fourth-order valence-corrected chi connectivity index (χ4v) is 2.14. The van der Waals surface area contributed by atoms with Gasteiger partial charge in [0.15, 0.2) is 0 Å². The van der Waals surface area contributed by atoms with Gasteiger partial charge in [0.1, 0.15) is 0 Å². The third-order valence-corrected chi connectivity index (χ3v) is 3.63. The van der Waals surface area contributed by atoms with Gasteiger partial charge in [0, 0.05) is 13.1 Å². The molecule has 1 rings (SSSR count). The normalized spacial score (nSPS) is 13.5. The number of benzene rings is 1. The molecule has 0 aliphatic rings. The second-order valence-electron chi connectivity index (χ2n) is 6.51. The van der Waals surface area contributed by atoms with E-state index in [0.717, 1.165) is 13.1 Å². The molecule has 0 spiro atoms. The largest absolute Gasteiger partial charge is 0.481 e. The lowest BCUT2D eigenvalue weighted by molar-refractivity contribution is -0.141. The summed E-state index contributed by atoms with van der Waals surface area (Å²) >= 11 is 0. The van der Waals surface area contributed by atoms with Crippen molar-refractivity contribution in [2.45, 2.75) is 46.6 Å². The number of hydrogen-bond donors (Lipinski definition) is 1. The lowest BCUT2D eigenvalue weighted by atomic mass is 9.87. The Morgan fingerprint density at radius 3 is 2.20 bits per heavy atom. The topological polar surface area (TPSA) is 40.5 Å². The average Bonchev–Trinajstić information content (AvgIpc) is 2.37. The number of rotatable bonds is 6. The summed E-state index contributed by atoms with van der Waals surface area (Å²) in [6.45, 7) is 12.7. The molecule has 1 atom stereocenters. The van der Waals surface area contributed by atoms with E-state index in [1.165, 1.54) is 11.1 Å². The summed E-state index contributed by atoms with van der Waals surface area (Å²) in [5.74, 6) is -1.06. The molecule has 20 heavy (non-hydrogen) atoms. The zero-order chi connectivity index (χ0) is 15.3. The van der Waals surface area contributed by atoms with Crippen molar-refractivity contribution >= 4 is 5.97 Å². The van der Waals surface area contributed by atoms with E-state index in [-0.39, 0.29) is 11.3 Å². The van der Waals surface area contributed by atoms with E-state index >= 15 is 0 Å². The van der Waals surface area contributed by atoms with Crippen molar-refractivity contribution in [1.82, 2.24) is 4.90 Å². The molecule has 0 bridgehead atoms. The SMILES string of the molecule is CCN(Cc1ccc(C(C)(C)C)cc1)CC(C)C(=O)O. The van der Waals surface area contributed by atoms with Gasteiger partial charge in [0.2, 0.25) is 0 Å². The van der Waals surface area contributed by atoms with Crippen LogP contribution in [0.5, 0.6) is 0 Å². The molecule has 1 aromatic rings. The van der Waals surface area contributed by atoms with Crippen molar-refractivity contribution in [1.29, 1.82) is 0 Å². The van der Waals surface area contributed by atoms with E-state index in [4.69, 9.17) is 5.11 Å². The Morgan fingerprint density at radius 1 is 1.25 bits per heavy atom. The molecule has 1 N–H and O–H groups in total. The Bertz CT molecular complexity index is 431.